The Bertz CT molecular complexity index is 605. The molecule has 202 valence electrons. The highest BCUT2D eigenvalue weighted by atomic mass is 16.5. The van der Waals surface area contributed by atoms with E-state index in [0.717, 1.165) is 25.9 Å². The molecular weight excluding hydrogens is 438 g/mol. The van der Waals surface area contributed by atoms with Crippen LogP contribution < -0.4 is 10.1 Å². The molecule has 1 rings (SSSR count). The monoisotopic (exact) mass is 491 g/mol. The van der Waals surface area contributed by atoms with Crippen LogP contribution in [-0.4, -0.2) is 36.9 Å². The summed E-state index contributed by atoms with van der Waals surface area (Å²) in [5, 5.41) is 12.1. The molecule has 2 N–H and O–H groups in total. The first-order valence-corrected chi connectivity index (χ1v) is 14.5. The lowest BCUT2D eigenvalue weighted by Crippen LogP contribution is -2.29. The summed E-state index contributed by atoms with van der Waals surface area (Å²) in [4.78, 5) is 11.8. The zero-order chi connectivity index (χ0) is 25.4. The van der Waals surface area contributed by atoms with Gasteiger partial charge in [0.2, 0.25) is 0 Å². The van der Waals surface area contributed by atoms with Gasteiger partial charge >= 0.3 is 0 Å². The molecule has 5 heteroatoms. The predicted octanol–water partition coefficient (Wildman–Crippen LogP) is 7.94. The van der Waals surface area contributed by atoms with Crippen molar-refractivity contribution >= 4 is 5.91 Å². The fourth-order valence-electron chi connectivity index (χ4n) is 4.24. The van der Waals surface area contributed by atoms with E-state index in [1.165, 1.54) is 89.9 Å². The van der Waals surface area contributed by atoms with Crippen molar-refractivity contribution in [3.63, 3.8) is 0 Å². The number of hydrogen-bond acceptors (Lipinski definition) is 4. The Morgan fingerprint density at radius 3 is 2.00 bits per heavy atom. The molecule has 0 saturated carbocycles. The number of aromatic hydroxyl groups is 1. The molecule has 1 aromatic rings. The molecular formula is C30H53NO4. The molecule has 0 heterocycles. The highest BCUT2D eigenvalue weighted by Gasteiger charge is 2.06. The first kappa shape index (κ1) is 31.3. The maximum absolute atomic E-state index is 11.8. The zero-order valence-electron chi connectivity index (χ0n) is 22.7. The quantitative estimate of drug-likeness (QED) is 0.144. The number of benzene rings is 1. The lowest BCUT2D eigenvalue weighted by Gasteiger charge is -2.16. The van der Waals surface area contributed by atoms with Crippen molar-refractivity contribution in [2.45, 2.75) is 129 Å². The van der Waals surface area contributed by atoms with Crippen LogP contribution in [0.25, 0.3) is 0 Å². The molecule has 0 aliphatic heterocycles. The maximum Gasteiger partial charge on any atom is 0.257 e. The fourth-order valence-corrected chi connectivity index (χ4v) is 4.24. The Kier molecular flexibility index (Phi) is 20.3. The lowest BCUT2D eigenvalue weighted by atomic mass is 10.1. The lowest BCUT2D eigenvalue weighted by molar-refractivity contribution is -0.123. The van der Waals surface area contributed by atoms with Crippen molar-refractivity contribution in [1.29, 1.82) is 0 Å². The smallest absolute Gasteiger partial charge is 0.257 e. The van der Waals surface area contributed by atoms with E-state index in [0.29, 0.717) is 18.4 Å². The zero-order valence-corrected chi connectivity index (χ0v) is 22.7. The summed E-state index contributed by atoms with van der Waals surface area (Å²) in [6, 6.07) is 6.38. The Morgan fingerprint density at radius 1 is 0.800 bits per heavy atom. The highest BCUT2D eigenvalue weighted by Crippen LogP contribution is 2.16. The first-order valence-electron chi connectivity index (χ1n) is 14.5. The first-order chi connectivity index (χ1) is 17.2. The van der Waals surface area contributed by atoms with Crippen LogP contribution in [0.2, 0.25) is 0 Å². The molecule has 1 amide bonds. The second-order valence-corrected chi connectivity index (χ2v) is 9.77. The number of ether oxygens (including phenoxy) is 2. The molecule has 0 aliphatic carbocycles. The van der Waals surface area contributed by atoms with Crippen molar-refractivity contribution in [2.75, 3.05) is 19.8 Å². The number of carbonyl (C=O) groups excluding carboxylic acids is 1. The van der Waals surface area contributed by atoms with E-state index in [4.69, 9.17) is 9.47 Å². The number of unbranched alkanes of at least 4 members (excludes halogenated alkanes) is 13. The Morgan fingerprint density at radius 2 is 1.37 bits per heavy atom. The van der Waals surface area contributed by atoms with Crippen molar-refractivity contribution in [1.82, 2.24) is 5.32 Å². The Balaban J connectivity index is 1.83. The van der Waals surface area contributed by atoms with E-state index in [1.807, 2.05) is 0 Å². The number of hydrogen-bond donors (Lipinski definition) is 2. The third kappa shape index (κ3) is 19.2. The number of rotatable bonds is 24. The average Bonchev–Trinajstić information content (AvgIpc) is 2.87. The number of amides is 1. The molecule has 0 fully saturated rings. The van der Waals surface area contributed by atoms with E-state index in [2.05, 4.69) is 19.2 Å². The molecule has 0 spiro atoms. The predicted molar refractivity (Wildman–Crippen MR) is 146 cm³/mol. The topological polar surface area (TPSA) is 67.8 Å². The molecule has 0 aliphatic rings. The van der Waals surface area contributed by atoms with Gasteiger partial charge in [-0.15, -0.1) is 0 Å². The second kappa shape index (κ2) is 22.7. The van der Waals surface area contributed by atoms with Crippen molar-refractivity contribution in [3.05, 3.63) is 24.3 Å². The Labute approximate surface area is 215 Å². The van der Waals surface area contributed by atoms with Gasteiger partial charge in [0.25, 0.3) is 5.91 Å². The summed E-state index contributed by atoms with van der Waals surface area (Å²) in [5.41, 5.74) is 0. The van der Waals surface area contributed by atoms with Crippen LogP contribution in [0.15, 0.2) is 24.3 Å². The third-order valence-electron chi connectivity index (χ3n) is 6.54. The molecule has 0 aromatic heterocycles. The van der Waals surface area contributed by atoms with Gasteiger partial charge in [-0.3, -0.25) is 4.79 Å². The molecule has 1 atom stereocenters. The van der Waals surface area contributed by atoms with Crippen molar-refractivity contribution < 1.29 is 19.4 Å². The van der Waals surface area contributed by atoms with E-state index >= 15 is 0 Å². The van der Waals surface area contributed by atoms with Gasteiger partial charge in [-0.2, -0.15) is 0 Å². The van der Waals surface area contributed by atoms with E-state index < -0.39 is 0 Å². The van der Waals surface area contributed by atoms with Crippen LogP contribution in [-0.2, 0) is 9.53 Å². The third-order valence-corrected chi connectivity index (χ3v) is 6.54. The molecule has 1 aromatic carbocycles. The second-order valence-electron chi connectivity index (χ2n) is 9.77. The number of phenols is 1. The molecule has 35 heavy (non-hydrogen) atoms. The molecule has 0 radical (unpaired) electrons. The van der Waals surface area contributed by atoms with E-state index in [9.17, 15) is 9.90 Å². The van der Waals surface area contributed by atoms with Gasteiger partial charge in [-0.25, -0.2) is 0 Å². The van der Waals surface area contributed by atoms with Gasteiger partial charge in [0, 0.05) is 13.2 Å². The van der Waals surface area contributed by atoms with Crippen LogP contribution in [0.1, 0.15) is 123 Å². The van der Waals surface area contributed by atoms with Gasteiger partial charge in [-0.1, -0.05) is 97.3 Å². The summed E-state index contributed by atoms with van der Waals surface area (Å²) in [7, 11) is 0. The molecule has 0 saturated heterocycles. The molecule has 1 unspecified atom stereocenters. The normalized spacial score (nSPS) is 11.9. The van der Waals surface area contributed by atoms with Gasteiger partial charge in [-0.05, 0) is 49.9 Å². The fraction of sp³-hybridized carbons (Fsp3) is 0.767. The number of phenolic OH excluding ortho intramolecular Hbond substituents is 1. The SMILES string of the molecule is CCCCCCCCCC(CC)OCCCCCCCCCCNC(=O)COc1ccc(O)cc1. The molecule has 0 bridgehead atoms. The van der Waals surface area contributed by atoms with Crippen molar-refractivity contribution in [3.8, 4) is 11.5 Å². The van der Waals surface area contributed by atoms with Gasteiger partial charge in [0.15, 0.2) is 6.61 Å². The minimum Gasteiger partial charge on any atom is -0.508 e. The largest absolute Gasteiger partial charge is 0.508 e. The summed E-state index contributed by atoms with van der Waals surface area (Å²) >= 11 is 0. The average molecular weight is 492 g/mol. The van der Waals surface area contributed by atoms with Crippen LogP contribution in [0.3, 0.4) is 0 Å². The van der Waals surface area contributed by atoms with Crippen LogP contribution in [0.5, 0.6) is 11.5 Å². The summed E-state index contributed by atoms with van der Waals surface area (Å²) in [6.07, 6.45) is 22.1. The van der Waals surface area contributed by atoms with Gasteiger partial charge < -0.3 is 19.9 Å². The highest BCUT2D eigenvalue weighted by molar-refractivity contribution is 5.77. The standard InChI is InChI=1S/C30H53NO4/c1-3-5-6-7-10-13-16-19-28(4-2)34-25-18-15-12-9-8-11-14-17-24-31-30(33)26-35-29-22-20-27(32)21-23-29/h20-23,28,32H,3-19,24-26H2,1-2H3,(H,31,33). The summed E-state index contributed by atoms with van der Waals surface area (Å²) in [5.74, 6) is 0.663. The van der Waals surface area contributed by atoms with E-state index in [-0.39, 0.29) is 18.3 Å². The number of carbonyl (C=O) groups is 1. The van der Waals surface area contributed by atoms with E-state index in [1.54, 1.807) is 24.3 Å². The van der Waals surface area contributed by atoms with Gasteiger partial charge in [0.05, 0.1) is 6.10 Å². The summed E-state index contributed by atoms with van der Waals surface area (Å²) < 4.78 is 11.5. The van der Waals surface area contributed by atoms with Crippen LogP contribution in [0.4, 0.5) is 0 Å². The van der Waals surface area contributed by atoms with Crippen molar-refractivity contribution in [2.24, 2.45) is 0 Å². The van der Waals surface area contributed by atoms with Gasteiger partial charge in [0.1, 0.15) is 11.5 Å². The number of nitrogens with one attached hydrogen (secondary N) is 1. The van der Waals surface area contributed by atoms with Crippen LogP contribution >= 0.6 is 0 Å². The Hall–Kier alpha value is -1.75. The minimum absolute atomic E-state index is 0.00656. The molecule has 5 nitrogen and oxygen atoms in total. The minimum atomic E-state index is -0.104. The maximum atomic E-state index is 11.8. The van der Waals surface area contributed by atoms with Crippen LogP contribution in [0, 0.1) is 0 Å². The summed E-state index contributed by atoms with van der Waals surface area (Å²) in [6.45, 7) is 6.16.